The second-order valence-electron chi connectivity index (χ2n) is 4.86. The average molecular weight is 249 g/mol. The van der Waals surface area contributed by atoms with Crippen molar-refractivity contribution in [3.8, 4) is 5.75 Å². The molecule has 0 atom stereocenters. The molecular weight excluding hydrogens is 226 g/mol. The molecular formula is C15H23NO2. The fourth-order valence-electron chi connectivity index (χ4n) is 2.45. The van der Waals surface area contributed by atoms with Crippen LogP contribution >= 0.6 is 0 Å². The minimum atomic E-state index is 0.636. The molecule has 0 aromatic heterocycles. The van der Waals surface area contributed by atoms with E-state index in [9.17, 15) is 0 Å². The number of hydrogen-bond donors (Lipinski definition) is 1. The van der Waals surface area contributed by atoms with Crippen LogP contribution in [0, 0.1) is 0 Å². The summed E-state index contributed by atoms with van der Waals surface area (Å²) < 4.78 is 10.8. The normalized spacial score (nSPS) is 16.1. The highest BCUT2D eigenvalue weighted by Crippen LogP contribution is 2.17. The van der Waals surface area contributed by atoms with Gasteiger partial charge in [0.15, 0.2) is 0 Å². The van der Waals surface area contributed by atoms with Crippen LogP contribution in [-0.4, -0.2) is 26.3 Å². The lowest BCUT2D eigenvalue weighted by molar-refractivity contribution is 0.184. The highest BCUT2D eigenvalue weighted by atomic mass is 16.5. The molecule has 1 aliphatic rings. The van der Waals surface area contributed by atoms with E-state index in [2.05, 4.69) is 5.32 Å². The average Bonchev–Trinajstić information content (AvgIpc) is 2.89. The summed E-state index contributed by atoms with van der Waals surface area (Å²) in [6.45, 7) is 2.30. The van der Waals surface area contributed by atoms with Gasteiger partial charge in [0.05, 0.1) is 6.61 Å². The maximum Gasteiger partial charge on any atom is 0.119 e. The lowest BCUT2D eigenvalue weighted by Crippen LogP contribution is -2.30. The van der Waals surface area contributed by atoms with Crippen LogP contribution in [-0.2, 0) is 11.3 Å². The first-order valence-electron chi connectivity index (χ1n) is 6.82. The minimum Gasteiger partial charge on any atom is -0.492 e. The first kappa shape index (κ1) is 13.4. The Kier molecular flexibility index (Phi) is 5.49. The molecule has 100 valence electrons. The standard InChI is InChI=1S/C15H23NO2/c1-17-12-13-5-4-8-15(11-13)18-10-9-16-14-6-2-3-7-14/h4-5,8,11,14,16H,2-3,6-7,9-10,12H2,1H3. The van der Waals surface area contributed by atoms with E-state index >= 15 is 0 Å². The lowest BCUT2D eigenvalue weighted by Gasteiger charge is -2.12. The molecule has 1 saturated carbocycles. The van der Waals surface area contributed by atoms with Crippen molar-refractivity contribution in [2.24, 2.45) is 0 Å². The summed E-state index contributed by atoms with van der Waals surface area (Å²) in [5, 5.41) is 3.54. The monoisotopic (exact) mass is 249 g/mol. The summed E-state index contributed by atoms with van der Waals surface area (Å²) in [5.74, 6) is 0.928. The van der Waals surface area contributed by atoms with Crippen LogP contribution in [0.5, 0.6) is 5.75 Å². The first-order valence-corrected chi connectivity index (χ1v) is 6.82. The highest BCUT2D eigenvalue weighted by Gasteiger charge is 2.13. The Morgan fingerprint density at radius 3 is 2.89 bits per heavy atom. The zero-order chi connectivity index (χ0) is 12.6. The summed E-state index contributed by atoms with van der Waals surface area (Å²) in [7, 11) is 1.71. The van der Waals surface area contributed by atoms with Crippen LogP contribution in [0.15, 0.2) is 24.3 Å². The van der Waals surface area contributed by atoms with Gasteiger partial charge in [0.2, 0.25) is 0 Å². The Labute approximate surface area is 109 Å². The second kappa shape index (κ2) is 7.39. The van der Waals surface area contributed by atoms with Gasteiger partial charge < -0.3 is 14.8 Å². The predicted octanol–water partition coefficient (Wildman–Crippen LogP) is 2.74. The number of nitrogens with one attached hydrogen (secondary N) is 1. The quantitative estimate of drug-likeness (QED) is 0.754. The Bertz CT molecular complexity index is 348. The highest BCUT2D eigenvalue weighted by molar-refractivity contribution is 5.28. The maximum atomic E-state index is 5.73. The molecule has 0 bridgehead atoms. The molecule has 0 amide bonds. The summed E-state index contributed by atoms with van der Waals surface area (Å²) in [6.07, 6.45) is 5.39. The molecule has 1 aliphatic carbocycles. The van der Waals surface area contributed by atoms with Crippen molar-refractivity contribution in [2.45, 2.75) is 38.3 Å². The van der Waals surface area contributed by atoms with Crippen LogP contribution in [0.4, 0.5) is 0 Å². The van der Waals surface area contributed by atoms with Gasteiger partial charge in [-0.15, -0.1) is 0 Å². The van der Waals surface area contributed by atoms with Gasteiger partial charge >= 0.3 is 0 Å². The predicted molar refractivity (Wildman–Crippen MR) is 72.9 cm³/mol. The minimum absolute atomic E-state index is 0.636. The van der Waals surface area contributed by atoms with Crippen molar-refractivity contribution < 1.29 is 9.47 Å². The summed E-state index contributed by atoms with van der Waals surface area (Å²) in [4.78, 5) is 0. The molecule has 0 spiro atoms. The zero-order valence-electron chi connectivity index (χ0n) is 11.2. The molecule has 0 aliphatic heterocycles. The Morgan fingerprint density at radius 2 is 2.11 bits per heavy atom. The van der Waals surface area contributed by atoms with Crippen LogP contribution in [0.25, 0.3) is 0 Å². The van der Waals surface area contributed by atoms with E-state index < -0.39 is 0 Å². The molecule has 1 fully saturated rings. The van der Waals surface area contributed by atoms with E-state index in [1.54, 1.807) is 7.11 Å². The number of ether oxygens (including phenoxy) is 2. The molecule has 1 N–H and O–H groups in total. The van der Waals surface area contributed by atoms with Crippen molar-refractivity contribution in [1.82, 2.24) is 5.32 Å². The number of methoxy groups -OCH3 is 1. The Morgan fingerprint density at radius 1 is 1.28 bits per heavy atom. The third-order valence-corrected chi connectivity index (χ3v) is 3.37. The van der Waals surface area contributed by atoms with Crippen molar-refractivity contribution in [3.63, 3.8) is 0 Å². The molecule has 1 aromatic rings. The van der Waals surface area contributed by atoms with E-state index in [0.717, 1.165) is 24.5 Å². The maximum absolute atomic E-state index is 5.73. The van der Waals surface area contributed by atoms with Crippen molar-refractivity contribution in [3.05, 3.63) is 29.8 Å². The molecule has 0 saturated heterocycles. The molecule has 3 heteroatoms. The summed E-state index contributed by atoms with van der Waals surface area (Å²) in [5.41, 5.74) is 1.15. The third kappa shape index (κ3) is 4.31. The molecule has 1 aromatic carbocycles. The van der Waals surface area contributed by atoms with E-state index in [1.807, 2.05) is 24.3 Å². The molecule has 0 unspecified atom stereocenters. The van der Waals surface area contributed by atoms with Crippen LogP contribution in [0.1, 0.15) is 31.2 Å². The molecule has 0 radical (unpaired) electrons. The van der Waals surface area contributed by atoms with Crippen molar-refractivity contribution in [1.29, 1.82) is 0 Å². The van der Waals surface area contributed by atoms with Crippen molar-refractivity contribution >= 4 is 0 Å². The van der Waals surface area contributed by atoms with Gasteiger partial charge in [-0.25, -0.2) is 0 Å². The largest absolute Gasteiger partial charge is 0.492 e. The van der Waals surface area contributed by atoms with Gasteiger partial charge in [-0.1, -0.05) is 25.0 Å². The lowest BCUT2D eigenvalue weighted by atomic mass is 10.2. The SMILES string of the molecule is COCc1cccc(OCCNC2CCCC2)c1. The van der Waals surface area contributed by atoms with Gasteiger partial charge in [0.25, 0.3) is 0 Å². The number of hydrogen-bond acceptors (Lipinski definition) is 3. The van der Waals surface area contributed by atoms with E-state index in [1.165, 1.54) is 25.7 Å². The van der Waals surface area contributed by atoms with Gasteiger partial charge in [-0.05, 0) is 30.5 Å². The topological polar surface area (TPSA) is 30.5 Å². The number of rotatable bonds is 7. The molecule has 3 nitrogen and oxygen atoms in total. The first-order chi connectivity index (χ1) is 8.88. The molecule has 2 rings (SSSR count). The molecule has 18 heavy (non-hydrogen) atoms. The third-order valence-electron chi connectivity index (χ3n) is 3.37. The summed E-state index contributed by atoms with van der Waals surface area (Å²) in [6, 6.07) is 8.81. The van der Waals surface area contributed by atoms with Gasteiger partial charge in [-0.3, -0.25) is 0 Å². The van der Waals surface area contributed by atoms with Crippen molar-refractivity contribution in [2.75, 3.05) is 20.3 Å². The van der Waals surface area contributed by atoms with Crippen LogP contribution < -0.4 is 10.1 Å². The second-order valence-corrected chi connectivity index (χ2v) is 4.86. The van der Waals surface area contributed by atoms with Gasteiger partial charge in [-0.2, -0.15) is 0 Å². The van der Waals surface area contributed by atoms with E-state index in [0.29, 0.717) is 12.6 Å². The van der Waals surface area contributed by atoms with Gasteiger partial charge in [0.1, 0.15) is 12.4 Å². The number of benzene rings is 1. The van der Waals surface area contributed by atoms with E-state index in [4.69, 9.17) is 9.47 Å². The molecule has 0 heterocycles. The summed E-state index contributed by atoms with van der Waals surface area (Å²) >= 11 is 0. The van der Waals surface area contributed by atoms with Gasteiger partial charge in [0, 0.05) is 19.7 Å². The van der Waals surface area contributed by atoms with Crippen LogP contribution in [0.3, 0.4) is 0 Å². The smallest absolute Gasteiger partial charge is 0.119 e. The zero-order valence-corrected chi connectivity index (χ0v) is 11.2. The Hall–Kier alpha value is -1.06. The van der Waals surface area contributed by atoms with E-state index in [-0.39, 0.29) is 0 Å². The Balaban J connectivity index is 1.67. The van der Waals surface area contributed by atoms with Crippen LogP contribution in [0.2, 0.25) is 0 Å². The fourth-order valence-corrected chi connectivity index (χ4v) is 2.45. The fraction of sp³-hybridized carbons (Fsp3) is 0.600.